The number of hydrogen-bond acceptors (Lipinski definition) is 6. The van der Waals surface area contributed by atoms with Crippen LogP contribution in [0.5, 0.6) is 11.5 Å². The predicted octanol–water partition coefficient (Wildman–Crippen LogP) is 2.67. The second-order valence-corrected chi connectivity index (χ2v) is 4.78. The Balaban J connectivity index is 0.000000497. The zero-order chi connectivity index (χ0) is 21.4. The summed E-state index contributed by atoms with van der Waals surface area (Å²) in [5, 5.41) is 26.5. The van der Waals surface area contributed by atoms with Crippen molar-refractivity contribution in [3.63, 3.8) is 0 Å². The van der Waals surface area contributed by atoms with E-state index in [4.69, 9.17) is 21.6 Å². The lowest BCUT2D eigenvalue weighted by Crippen LogP contribution is -2.14. The number of phenolic OH excluding ortho intramolecular Hbond substituents is 1. The predicted molar refractivity (Wildman–Crippen MR) is 110 cm³/mol. The van der Waals surface area contributed by atoms with Crippen molar-refractivity contribution in [2.24, 2.45) is 26.9 Å². The molecule has 0 heterocycles. The Labute approximate surface area is 164 Å². The molecule has 0 unspecified atom stereocenters. The SMILES string of the molecule is CC.COc1ccc(C=N)c(O)c1.NC(=O)CN=N/N=C(\N)c1ccccc1. The van der Waals surface area contributed by atoms with Crippen LogP contribution in [0.25, 0.3) is 0 Å². The number of primary amides is 1. The van der Waals surface area contributed by atoms with Crippen LogP contribution in [-0.2, 0) is 4.79 Å². The molecule has 0 atom stereocenters. The van der Waals surface area contributed by atoms with E-state index in [0.29, 0.717) is 11.3 Å². The Morgan fingerprint density at radius 3 is 2.32 bits per heavy atom. The highest BCUT2D eigenvalue weighted by Gasteiger charge is 1.98. The molecule has 150 valence electrons. The molecule has 0 spiro atoms. The average Bonchev–Trinajstić information content (AvgIpc) is 2.73. The second-order valence-electron chi connectivity index (χ2n) is 4.78. The first-order valence-corrected chi connectivity index (χ1v) is 8.39. The lowest BCUT2D eigenvalue weighted by atomic mass is 10.2. The van der Waals surface area contributed by atoms with E-state index in [1.165, 1.54) is 13.2 Å². The van der Waals surface area contributed by atoms with Crippen molar-refractivity contribution in [3.05, 3.63) is 59.7 Å². The molecule has 2 rings (SSSR count). The van der Waals surface area contributed by atoms with Crippen LogP contribution < -0.4 is 16.2 Å². The molecule has 0 bridgehead atoms. The minimum Gasteiger partial charge on any atom is -0.507 e. The van der Waals surface area contributed by atoms with Gasteiger partial charge in [-0.05, 0) is 17.4 Å². The van der Waals surface area contributed by atoms with Crippen LogP contribution in [0, 0.1) is 5.41 Å². The normalized spacial score (nSPS) is 10.2. The van der Waals surface area contributed by atoms with E-state index in [1.54, 1.807) is 24.3 Å². The van der Waals surface area contributed by atoms with Crippen LogP contribution in [0.15, 0.2) is 64.0 Å². The highest BCUT2D eigenvalue weighted by molar-refractivity contribution is 5.97. The lowest BCUT2D eigenvalue weighted by Gasteiger charge is -2.01. The summed E-state index contributed by atoms with van der Waals surface area (Å²) in [5.74, 6) is 0.337. The highest BCUT2D eigenvalue weighted by atomic mass is 16.5. The smallest absolute Gasteiger partial charge is 0.241 e. The summed E-state index contributed by atoms with van der Waals surface area (Å²) in [4.78, 5) is 10.3. The molecular weight excluding hydrogens is 360 g/mol. The number of aromatic hydroxyl groups is 1. The van der Waals surface area contributed by atoms with Crippen LogP contribution >= 0.6 is 0 Å². The van der Waals surface area contributed by atoms with Crippen LogP contribution in [0.1, 0.15) is 25.0 Å². The fourth-order valence-electron chi connectivity index (χ4n) is 1.62. The zero-order valence-corrected chi connectivity index (χ0v) is 16.2. The fraction of sp³-hybridized carbons (Fsp3) is 0.211. The molecule has 6 N–H and O–H groups in total. The molecule has 2 aromatic rings. The third kappa shape index (κ3) is 9.66. The quantitative estimate of drug-likeness (QED) is 0.260. The van der Waals surface area contributed by atoms with E-state index in [1.807, 2.05) is 32.0 Å². The van der Waals surface area contributed by atoms with E-state index < -0.39 is 5.91 Å². The van der Waals surface area contributed by atoms with Gasteiger partial charge in [-0.2, -0.15) is 5.11 Å². The minimum atomic E-state index is -0.563. The molecule has 9 nitrogen and oxygen atoms in total. The Hall–Kier alpha value is -3.75. The molecule has 1 amide bonds. The largest absolute Gasteiger partial charge is 0.507 e. The van der Waals surface area contributed by atoms with E-state index >= 15 is 0 Å². The van der Waals surface area contributed by atoms with Gasteiger partial charge in [-0.1, -0.05) is 44.2 Å². The topological polar surface area (TPSA) is 160 Å². The molecular formula is C19H26N6O3. The summed E-state index contributed by atoms with van der Waals surface area (Å²) in [5.41, 5.74) is 11.7. The van der Waals surface area contributed by atoms with Crippen LogP contribution in [0.3, 0.4) is 0 Å². The van der Waals surface area contributed by atoms with Gasteiger partial charge in [0.05, 0.1) is 7.11 Å². The number of carbonyl (C=O) groups excluding carboxylic acids is 1. The summed E-state index contributed by atoms with van der Waals surface area (Å²) in [6.07, 6.45) is 1.09. The van der Waals surface area contributed by atoms with Crippen molar-refractivity contribution in [2.75, 3.05) is 13.7 Å². The number of methoxy groups -OCH3 is 1. The first kappa shape index (κ1) is 24.2. The van der Waals surface area contributed by atoms with Gasteiger partial charge in [0.2, 0.25) is 5.91 Å². The maximum absolute atomic E-state index is 10.3. The van der Waals surface area contributed by atoms with Gasteiger partial charge in [0.25, 0.3) is 0 Å². The van der Waals surface area contributed by atoms with Crippen LogP contribution in [-0.4, -0.2) is 36.7 Å². The standard InChI is InChI=1S/C9H11N5O.C8H9NO2.C2H6/c10-8(15)6-12-14-13-9(11)7-4-2-1-3-5-7;1-11-7-3-2-6(5-9)8(10)4-7;1-2/h1-5H,6H2,(H2,10,15)(H2,11,12,13);2-5,9-10H,1H3;1-2H3. The van der Waals surface area contributed by atoms with Gasteiger partial charge in [-0.15, -0.1) is 5.10 Å². The Morgan fingerprint density at radius 1 is 1.18 bits per heavy atom. The molecule has 0 aliphatic carbocycles. The van der Waals surface area contributed by atoms with Crippen molar-refractivity contribution in [1.82, 2.24) is 0 Å². The number of nitrogens with two attached hydrogens (primary N) is 2. The zero-order valence-electron chi connectivity index (χ0n) is 16.2. The maximum atomic E-state index is 10.3. The van der Waals surface area contributed by atoms with Crippen molar-refractivity contribution in [3.8, 4) is 11.5 Å². The van der Waals surface area contributed by atoms with E-state index in [9.17, 15) is 9.90 Å². The summed E-state index contributed by atoms with van der Waals surface area (Å²) in [6, 6.07) is 13.9. The van der Waals surface area contributed by atoms with Crippen molar-refractivity contribution in [2.45, 2.75) is 13.8 Å². The summed E-state index contributed by atoms with van der Waals surface area (Å²) in [6.45, 7) is 3.81. The molecule has 28 heavy (non-hydrogen) atoms. The number of rotatable bonds is 6. The molecule has 0 saturated carbocycles. The van der Waals surface area contributed by atoms with E-state index in [0.717, 1.165) is 11.8 Å². The third-order valence-electron chi connectivity index (χ3n) is 2.90. The Morgan fingerprint density at radius 2 is 1.82 bits per heavy atom. The molecule has 0 aliphatic rings. The second kappa shape index (κ2) is 14.4. The highest BCUT2D eigenvalue weighted by Crippen LogP contribution is 2.21. The van der Waals surface area contributed by atoms with E-state index in [2.05, 4.69) is 15.4 Å². The van der Waals surface area contributed by atoms with Crippen molar-refractivity contribution >= 4 is 18.0 Å². The molecule has 9 heteroatoms. The van der Waals surface area contributed by atoms with Gasteiger partial charge in [0.15, 0.2) is 5.84 Å². The van der Waals surface area contributed by atoms with Crippen molar-refractivity contribution in [1.29, 1.82) is 5.41 Å². The third-order valence-corrected chi connectivity index (χ3v) is 2.90. The number of hydrogen-bond donors (Lipinski definition) is 4. The van der Waals surface area contributed by atoms with Gasteiger partial charge >= 0.3 is 0 Å². The number of phenols is 1. The molecule has 0 aliphatic heterocycles. The number of amidine groups is 1. The number of ether oxygens (including phenoxy) is 1. The first-order chi connectivity index (χ1) is 13.5. The fourth-order valence-corrected chi connectivity index (χ4v) is 1.62. The molecule has 0 radical (unpaired) electrons. The Bertz CT molecular complexity index is 792. The molecule has 0 aromatic heterocycles. The van der Waals surface area contributed by atoms with Crippen molar-refractivity contribution < 1.29 is 14.6 Å². The monoisotopic (exact) mass is 386 g/mol. The number of amides is 1. The number of nitrogens with one attached hydrogen (secondary N) is 1. The van der Waals surface area contributed by atoms with Crippen LogP contribution in [0.2, 0.25) is 0 Å². The lowest BCUT2D eigenvalue weighted by molar-refractivity contribution is -0.116. The van der Waals surface area contributed by atoms with Gasteiger partial charge in [0, 0.05) is 23.4 Å². The van der Waals surface area contributed by atoms with Gasteiger partial charge in [-0.25, -0.2) is 0 Å². The average molecular weight is 386 g/mol. The van der Waals surface area contributed by atoms with Crippen LogP contribution in [0.4, 0.5) is 0 Å². The number of nitrogens with zero attached hydrogens (tertiary/aromatic N) is 3. The molecule has 0 saturated heterocycles. The van der Waals surface area contributed by atoms with E-state index in [-0.39, 0.29) is 18.1 Å². The minimum absolute atomic E-state index is 0.0688. The van der Waals surface area contributed by atoms with Gasteiger partial charge in [0.1, 0.15) is 18.0 Å². The molecule has 2 aromatic carbocycles. The maximum Gasteiger partial charge on any atom is 0.241 e. The first-order valence-electron chi connectivity index (χ1n) is 8.39. The van der Waals surface area contributed by atoms with Gasteiger partial charge in [-0.3, -0.25) is 4.79 Å². The van der Waals surface area contributed by atoms with Gasteiger partial charge < -0.3 is 26.7 Å². The summed E-state index contributed by atoms with van der Waals surface area (Å²) < 4.78 is 4.86. The molecule has 0 fully saturated rings. The summed E-state index contributed by atoms with van der Waals surface area (Å²) in [7, 11) is 1.53. The number of carbonyl (C=O) groups is 1. The summed E-state index contributed by atoms with van der Waals surface area (Å²) >= 11 is 0. The Kier molecular flexibility index (Phi) is 12.5. The number of benzene rings is 2.